The summed E-state index contributed by atoms with van der Waals surface area (Å²) in [5.41, 5.74) is 1.32. The van der Waals surface area contributed by atoms with E-state index in [-0.39, 0.29) is 5.41 Å². The maximum absolute atomic E-state index is 3.99. The minimum atomic E-state index is 0.127. The van der Waals surface area contributed by atoms with Gasteiger partial charge in [0.25, 0.3) is 0 Å². The zero-order chi connectivity index (χ0) is 12.2. The molecule has 0 fully saturated rings. The molecule has 0 atom stereocenters. The summed E-state index contributed by atoms with van der Waals surface area (Å²) < 4.78 is 1.86. The van der Waals surface area contributed by atoms with Gasteiger partial charge in [0.15, 0.2) is 0 Å². The highest BCUT2D eigenvalue weighted by molar-refractivity contribution is 5.09. The van der Waals surface area contributed by atoms with Crippen LogP contribution in [0.25, 0.3) is 0 Å². The first kappa shape index (κ1) is 13.2. The van der Waals surface area contributed by atoms with E-state index in [0.29, 0.717) is 5.92 Å². The van der Waals surface area contributed by atoms with E-state index >= 15 is 0 Å². The van der Waals surface area contributed by atoms with Crippen LogP contribution in [0.2, 0.25) is 0 Å². The average Bonchev–Trinajstić information content (AvgIpc) is 2.59. The second-order valence-electron chi connectivity index (χ2n) is 5.47. The van der Waals surface area contributed by atoms with E-state index in [1.165, 1.54) is 5.69 Å². The predicted octanol–water partition coefficient (Wildman–Crippen LogP) is 1.73. The zero-order valence-electron chi connectivity index (χ0n) is 11.1. The Balaban J connectivity index is 2.43. The molecule has 0 aliphatic rings. The lowest BCUT2D eigenvalue weighted by Gasteiger charge is -2.24. The van der Waals surface area contributed by atoms with Crippen molar-refractivity contribution in [1.29, 1.82) is 0 Å². The van der Waals surface area contributed by atoms with Gasteiger partial charge in [-0.2, -0.15) is 0 Å². The summed E-state index contributed by atoms with van der Waals surface area (Å²) in [6, 6.07) is 0. The Morgan fingerprint density at radius 2 is 2.12 bits per heavy atom. The van der Waals surface area contributed by atoms with Crippen molar-refractivity contribution in [2.24, 2.45) is 13.0 Å². The van der Waals surface area contributed by atoms with Crippen molar-refractivity contribution in [3.8, 4) is 0 Å². The Kier molecular flexibility index (Phi) is 4.47. The molecule has 0 aromatic carbocycles. The quantitative estimate of drug-likeness (QED) is 0.748. The average molecular weight is 224 g/mol. The van der Waals surface area contributed by atoms with Gasteiger partial charge < -0.3 is 5.32 Å². The van der Waals surface area contributed by atoms with Crippen LogP contribution in [0.3, 0.4) is 0 Å². The SMILES string of the molecule is CC(C)CNCCC(C)(C)c1cnnn1C. The van der Waals surface area contributed by atoms with Crippen molar-refractivity contribution in [3.05, 3.63) is 11.9 Å². The van der Waals surface area contributed by atoms with Crippen LogP contribution >= 0.6 is 0 Å². The van der Waals surface area contributed by atoms with Crippen molar-refractivity contribution in [2.75, 3.05) is 13.1 Å². The summed E-state index contributed by atoms with van der Waals surface area (Å²) in [7, 11) is 1.95. The van der Waals surface area contributed by atoms with E-state index in [1.54, 1.807) is 0 Å². The lowest BCUT2D eigenvalue weighted by Crippen LogP contribution is -2.29. The number of hydrogen-bond donors (Lipinski definition) is 1. The molecule has 4 heteroatoms. The second kappa shape index (κ2) is 5.43. The van der Waals surface area contributed by atoms with E-state index in [1.807, 2.05) is 17.9 Å². The van der Waals surface area contributed by atoms with Crippen LogP contribution in [0, 0.1) is 5.92 Å². The monoisotopic (exact) mass is 224 g/mol. The van der Waals surface area contributed by atoms with Gasteiger partial charge in [-0.05, 0) is 25.4 Å². The van der Waals surface area contributed by atoms with Crippen LogP contribution in [0.1, 0.15) is 39.8 Å². The molecule has 1 N–H and O–H groups in total. The first-order valence-electron chi connectivity index (χ1n) is 5.99. The summed E-state index contributed by atoms with van der Waals surface area (Å²) in [5, 5.41) is 11.4. The number of rotatable bonds is 6. The molecule has 1 aromatic rings. The van der Waals surface area contributed by atoms with E-state index in [9.17, 15) is 0 Å². The third-order valence-corrected chi connectivity index (χ3v) is 2.89. The highest BCUT2D eigenvalue weighted by Crippen LogP contribution is 2.24. The molecule has 92 valence electrons. The Bertz CT molecular complexity index is 315. The third-order valence-electron chi connectivity index (χ3n) is 2.89. The van der Waals surface area contributed by atoms with Gasteiger partial charge in [0.1, 0.15) is 0 Å². The highest BCUT2D eigenvalue weighted by atomic mass is 15.4. The Morgan fingerprint density at radius 1 is 1.44 bits per heavy atom. The van der Waals surface area contributed by atoms with Gasteiger partial charge in [-0.15, -0.1) is 5.10 Å². The molecule has 16 heavy (non-hydrogen) atoms. The molecule has 0 radical (unpaired) electrons. The Labute approximate surface area is 98.4 Å². The van der Waals surface area contributed by atoms with Gasteiger partial charge in [-0.25, -0.2) is 0 Å². The fourth-order valence-corrected chi connectivity index (χ4v) is 1.82. The second-order valence-corrected chi connectivity index (χ2v) is 5.47. The molecule has 0 saturated heterocycles. The van der Waals surface area contributed by atoms with Gasteiger partial charge in [-0.1, -0.05) is 32.9 Å². The molecule has 4 nitrogen and oxygen atoms in total. The standard InChI is InChI=1S/C12H24N4/c1-10(2)8-13-7-6-12(3,4)11-9-14-15-16(11)5/h9-10,13H,6-8H2,1-5H3. The summed E-state index contributed by atoms with van der Waals surface area (Å²) in [5.74, 6) is 0.710. The molecule has 0 amide bonds. The summed E-state index contributed by atoms with van der Waals surface area (Å²) in [6.45, 7) is 11.0. The van der Waals surface area contributed by atoms with E-state index in [4.69, 9.17) is 0 Å². The lowest BCUT2D eigenvalue weighted by atomic mass is 9.86. The fraction of sp³-hybridized carbons (Fsp3) is 0.833. The molecule has 0 saturated carbocycles. The van der Waals surface area contributed by atoms with Crippen molar-refractivity contribution in [1.82, 2.24) is 20.3 Å². The van der Waals surface area contributed by atoms with E-state index in [2.05, 4.69) is 43.3 Å². The van der Waals surface area contributed by atoms with Crippen LogP contribution in [0.5, 0.6) is 0 Å². The number of aryl methyl sites for hydroxylation is 1. The Hall–Kier alpha value is -0.900. The molecular weight excluding hydrogens is 200 g/mol. The zero-order valence-corrected chi connectivity index (χ0v) is 11.1. The molecule has 1 heterocycles. The first-order valence-corrected chi connectivity index (χ1v) is 5.99. The third kappa shape index (κ3) is 3.59. The van der Waals surface area contributed by atoms with E-state index < -0.39 is 0 Å². The topological polar surface area (TPSA) is 42.7 Å². The maximum atomic E-state index is 3.99. The predicted molar refractivity (Wildman–Crippen MR) is 66.4 cm³/mol. The molecule has 0 spiro atoms. The molecular formula is C12H24N4. The molecule has 1 aromatic heterocycles. The van der Waals surface area contributed by atoms with Crippen LogP contribution in [-0.2, 0) is 12.5 Å². The number of nitrogens with one attached hydrogen (secondary N) is 1. The van der Waals surface area contributed by atoms with Gasteiger partial charge in [-0.3, -0.25) is 4.68 Å². The summed E-state index contributed by atoms with van der Waals surface area (Å²) >= 11 is 0. The minimum absolute atomic E-state index is 0.127. The molecule has 0 bridgehead atoms. The highest BCUT2D eigenvalue weighted by Gasteiger charge is 2.23. The van der Waals surface area contributed by atoms with Gasteiger partial charge in [0, 0.05) is 12.5 Å². The number of nitrogens with zero attached hydrogens (tertiary/aromatic N) is 3. The van der Waals surface area contributed by atoms with Crippen molar-refractivity contribution in [3.63, 3.8) is 0 Å². The minimum Gasteiger partial charge on any atom is -0.316 e. The maximum Gasteiger partial charge on any atom is 0.0730 e. The van der Waals surface area contributed by atoms with Crippen molar-refractivity contribution < 1.29 is 0 Å². The smallest absolute Gasteiger partial charge is 0.0730 e. The van der Waals surface area contributed by atoms with Crippen LogP contribution in [-0.4, -0.2) is 28.1 Å². The Morgan fingerprint density at radius 3 is 2.62 bits per heavy atom. The number of hydrogen-bond acceptors (Lipinski definition) is 3. The first-order chi connectivity index (χ1) is 7.43. The van der Waals surface area contributed by atoms with Crippen molar-refractivity contribution >= 4 is 0 Å². The van der Waals surface area contributed by atoms with Crippen molar-refractivity contribution in [2.45, 2.75) is 39.5 Å². The van der Waals surface area contributed by atoms with Gasteiger partial charge in [0.05, 0.1) is 11.9 Å². The summed E-state index contributed by atoms with van der Waals surface area (Å²) in [6.07, 6.45) is 2.96. The van der Waals surface area contributed by atoms with Crippen LogP contribution in [0.4, 0.5) is 0 Å². The molecule has 1 rings (SSSR count). The normalized spacial score (nSPS) is 12.4. The fourth-order valence-electron chi connectivity index (χ4n) is 1.82. The lowest BCUT2D eigenvalue weighted by molar-refractivity contribution is 0.416. The van der Waals surface area contributed by atoms with E-state index in [0.717, 1.165) is 19.5 Å². The van der Waals surface area contributed by atoms with Gasteiger partial charge in [0.2, 0.25) is 0 Å². The van der Waals surface area contributed by atoms with Crippen LogP contribution in [0.15, 0.2) is 6.20 Å². The summed E-state index contributed by atoms with van der Waals surface area (Å²) in [4.78, 5) is 0. The molecule has 0 aliphatic carbocycles. The molecule has 0 aliphatic heterocycles. The number of aromatic nitrogens is 3. The van der Waals surface area contributed by atoms with Crippen LogP contribution < -0.4 is 5.32 Å². The largest absolute Gasteiger partial charge is 0.316 e. The molecule has 0 unspecified atom stereocenters. The van der Waals surface area contributed by atoms with Gasteiger partial charge >= 0.3 is 0 Å².